The maximum Gasteiger partial charge on any atom is 0.159 e. The third-order valence-electron chi connectivity index (χ3n) is 2.34. The van der Waals surface area contributed by atoms with Crippen molar-refractivity contribution in [1.82, 2.24) is 9.55 Å². The minimum atomic E-state index is 0.363. The lowest BCUT2D eigenvalue weighted by Crippen LogP contribution is -1.96. The normalized spacial score (nSPS) is 10.4. The second-order valence-corrected chi connectivity index (χ2v) is 3.70. The Morgan fingerprint density at radius 1 is 1.44 bits per heavy atom. The Morgan fingerprint density at radius 3 is 2.89 bits per heavy atom. The highest BCUT2D eigenvalue weighted by Gasteiger charge is 2.01. The summed E-state index contributed by atoms with van der Waals surface area (Å²) in [6, 6.07) is 11.7. The van der Waals surface area contributed by atoms with Crippen LogP contribution in [0.3, 0.4) is 0 Å². The van der Waals surface area contributed by atoms with Crippen molar-refractivity contribution in [2.75, 3.05) is 0 Å². The molecule has 0 atom stereocenters. The van der Waals surface area contributed by atoms with E-state index in [1.165, 1.54) is 6.21 Å². The number of aromatic nitrogens is 2. The van der Waals surface area contributed by atoms with Crippen LogP contribution in [-0.2, 0) is 18.5 Å². The highest BCUT2D eigenvalue weighted by Crippen LogP contribution is 2.01. The van der Waals surface area contributed by atoms with Crippen molar-refractivity contribution < 1.29 is 4.84 Å². The van der Waals surface area contributed by atoms with E-state index in [9.17, 15) is 0 Å². The van der Waals surface area contributed by atoms with Gasteiger partial charge in [-0.2, -0.15) is 5.26 Å². The molecule has 0 aliphatic heterocycles. The average molecular weight is 240 g/mol. The van der Waals surface area contributed by atoms with Crippen LogP contribution < -0.4 is 0 Å². The van der Waals surface area contributed by atoms with Gasteiger partial charge in [-0.3, -0.25) is 0 Å². The summed E-state index contributed by atoms with van der Waals surface area (Å²) in [4.78, 5) is 9.20. The van der Waals surface area contributed by atoms with Gasteiger partial charge in [-0.15, -0.1) is 0 Å². The number of nitriles is 1. The van der Waals surface area contributed by atoms with E-state index in [1.807, 2.05) is 36.4 Å². The van der Waals surface area contributed by atoms with Crippen LogP contribution in [0.1, 0.15) is 17.1 Å². The zero-order valence-electron chi connectivity index (χ0n) is 9.95. The van der Waals surface area contributed by atoms with E-state index in [4.69, 9.17) is 10.1 Å². The predicted molar refractivity (Wildman–Crippen MR) is 66.7 cm³/mol. The number of hydrogen-bond acceptors (Lipinski definition) is 4. The quantitative estimate of drug-likeness (QED) is 0.605. The van der Waals surface area contributed by atoms with E-state index in [0.717, 1.165) is 5.56 Å². The van der Waals surface area contributed by atoms with Crippen LogP contribution in [0, 0.1) is 11.3 Å². The van der Waals surface area contributed by atoms with Gasteiger partial charge in [0.1, 0.15) is 18.9 Å². The summed E-state index contributed by atoms with van der Waals surface area (Å²) >= 11 is 0. The zero-order valence-corrected chi connectivity index (χ0v) is 9.95. The number of oxime groups is 1. The van der Waals surface area contributed by atoms with Crippen LogP contribution in [-0.4, -0.2) is 15.8 Å². The molecule has 0 N–H and O–H groups in total. The van der Waals surface area contributed by atoms with E-state index >= 15 is 0 Å². The Kier molecular flexibility index (Phi) is 3.72. The summed E-state index contributed by atoms with van der Waals surface area (Å²) in [6.07, 6.45) is 3.13. The molecule has 18 heavy (non-hydrogen) atoms. The van der Waals surface area contributed by atoms with Gasteiger partial charge in [0.15, 0.2) is 11.5 Å². The van der Waals surface area contributed by atoms with E-state index in [-0.39, 0.29) is 0 Å². The van der Waals surface area contributed by atoms with Crippen molar-refractivity contribution in [3.63, 3.8) is 0 Å². The topological polar surface area (TPSA) is 63.2 Å². The summed E-state index contributed by atoms with van der Waals surface area (Å²) < 4.78 is 1.72. The molecule has 0 saturated heterocycles. The molecule has 90 valence electrons. The maximum atomic E-state index is 8.69. The number of benzene rings is 1. The lowest BCUT2D eigenvalue weighted by atomic mass is 10.2. The molecule has 1 aromatic carbocycles. The summed E-state index contributed by atoms with van der Waals surface area (Å²) in [5.41, 5.74) is 1.41. The number of imidazole rings is 1. The van der Waals surface area contributed by atoms with Crippen molar-refractivity contribution in [3.8, 4) is 6.07 Å². The lowest BCUT2D eigenvalue weighted by Gasteiger charge is -1.98. The fourth-order valence-corrected chi connectivity index (χ4v) is 1.42. The Hall–Kier alpha value is -2.61. The molecular weight excluding hydrogens is 228 g/mol. The van der Waals surface area contributed by atoms with Crippen molar-refractivity contribution in [1.29, 1.82) is 5.26 Å². The molecule has 2 aromatic rings. The van der Waals surface area contributed by atoms with Gasteiger partial charge in [0.05, 0.1) is 0 Å². The molecule has 1 aromatic heterocycles. The monoisotopic (exact) mass is 240 g/mol. The molecule has 0 fully saturated rings. The Labute approximate surface area is 105 Å². The molecule has 0 amide bonds. The van der Waals surface area contributed by atoms with Gasteiger partial charge in [0.25, 0.3) is 0 Å². The van der Waals surface area contributed by atoms with Crippen LogP contribution in [0.2, 0.25) is 0 Å². The molecule has 0 aliphatic carbocycles. The Bertz CT molecular complexity index is 581. The zero-order chi connectivity index (χ0) is 12.8. The van der Waals surface area contributed by atoms with E-state index < -0.39 is 0 Å². The number of hydrogen-bond donors (Lipinski definition) is 0. The van der Waals surface area contributed by atoms with Crippen molar-refractivity contribution >= 4 is 6.21 Å². The van der Waals surface area contributed by atoms with Crippen LogP contribution in [0.4, 0.5) is 0 Å². The van der Waals surface area contributed by atoms with Crippen molar-refractivity contribution in [2.24, 2.45) is 12.2 Å². The third-order valence-corrected chi connectivity index (χ3v) is 2.34. The minimum Gasteiger partial charge on any atom is -0.391 e. The summed E-state index contributed by atoms with van der Waals surface area (Å²) in [5, 5.41) is 12.5. The first-order valence-electron chi connectivity index (χ1n) is 5.42. The molecule has 5 nitrogen and oxygen atoms in total. The first-order chi connectivity index (χ1) is 8.79. The van der Waals surface area contributed by atoms with E-state index in [1.54, 1.807) is 17.8 Å². The number of rotatable bonds is 4. The minimum absolute atomic E-state index is 0.363. The molecule has 5 heteroatoms. The largest absolute Gasteiger partial charge is 0.391 e. The summed E-state index contributed by atoms with van der Waals surface area (Å²) in [5.74, 6) is 0.583. The maximum absolute atomic E-state index is 8.69. The van der Waals surface area contributed by atoms with Crippen LogP contribution in [0.25, 0.3) is 0 Å². The molecule has 0 unspecified atom stereocenters. The first kappa shape index (κ1) is 11.9. The number of aryl methyl sites for hydroxylation is 1. The van der Waals surface area contributed by atoms with Crippen LogP contribution in [0.5, 0.6) is 0 Å². The van der Waals surface area contributed by atoms with Gasteiger partial charge in [-0.25, -0.2) is 4.98 Å². The Morgan fingerprint density at radius 2 is 2.22 bits per heavy atom. The van der Waals surface area contributed by atoms with Crippen LogP contribution >= 0.6 is 0 Å². The van der Waals surface area contributed by atoms with Crippen molar-refractivity contribution in [2.45, 2.75) is 6.61 Å². The Balaban J connectivity index is 1.92. The molecule has 0 radical (unpaired) electrons. The third kappa shape index (κ3) is 2.95. The van der Waals surface area contributed by atoms with Crippen molar-refractivity contribution in [3.05, 3.63) is 53.6 Å². The number of nitrogens with zero attached hydrogens (tertiary/aromatic N) is 4. The predicted octanol–water partition coefficient (Wildman–Crippen LogP) is 1.84. The molecule has 0 bridgehead atoms. The van der Waals surface area contributed by atoms with E-state index in [2.05, 4.69) is 10.1 Å². The van der Waals surface area contributed by atoms with Gasteiger partial charge < -0.3 is 9.40 Å². The summed E-state index contributed by atoms with van der Waals surface area (Å²) in [6.45, 7) is 0.410. The molecule has 1 heterocycles. The van der Waals surface area contributed by atoms with Gasteiger partial charge >= 0.3 is 0 Å². The fourth-order valence-electron chi connectivity index (χ4n) is 1.42. The highest BCUT2D eigenvalue weighted by molar-refractivity contribution is 5.74. The van der Waals surface area contributed by atoms with Gasteiger partial charge in [0, 0.05) is 13.2 Å². The standard InChI is InChI=1S/C13H12N4O/c1-17-9-12(7-14)16-13(17)8-15-18-10-11-5-3-2-4-6-11/h2-6,8-9H,10H2,1H3/b15-8+. The van der Waals surface area contributed by atoms with Gasteiger partial charge in [0.2, 0.25) is 0 Å². The average Bonchev–Trinajstić information content (AvgIpc) is 2.77. The molecule has 2 rings (SSSR count). The highest BCUT2D eigenvalue weighted by atomic mass is 16.6. The van der Waals surface area contributed by atoms with E-state index in [0.29, 0.717) is 18.1 Å². The van der Waals surface area contributed by atoms with Crippen LogP contribution in [0.15, 0.2) is 41.7 Å². The second-order valence-electron chi connectivity index (χ2n) is 3.70. The fraction of sp³-hybridized carbons (Fsp3) is 0.154. The first-order valence-corrected chi connectivity index (χ1v) is 5.42. The second kappa shape index (κ2) is 5.64. The molecule has 0 spiro atoms. The smallest absolute Gasteiger partial charge is 0.159 e. The van der Waals surface area contributed by atoms with Gasteiger partial charge in [-0.05, 0) is 5.56 Å². The van der Waals surface area contributed by atoms with Gasteiger partial charge in [-0.1, -0.05) is 35.5 Å². The molecule has 0 saturated carbocycles. The molecule has 0 aliphatic rings. The molecular formula is C13H12N4O. The SMILES string of the molecule is Cn1cc(C#N)nc1/C=N/OCc1ccccc1. The summed E-state index contributed by atoms with van der Waals surface area (Å²) in [7, 11) is 1.80. The lowest BCUT2D eigenvalue weighted by molar-refractivity contribution is 0.132.